The van der Waals surface area contributed by atoms with Crippen LogP contribution in [0.2, 0.25) is 0 Å². The van der Waals surface area contributed by atoms with Crippen LogP contribution in [0, 0.1) is 0 Å². The van der Waals surface area contributed by atoms with Crippen molar-refractivity contribution in [2.75, 3.05) is 13.2 Å². The molecule has 0 saturated heterocycles. The van der Waals surface area contributed by atoms with Crippen LogP contribution in [0.5, 0.6) is 0 Å². The van der Waals surface area contributed by atoms with Gasteiger partial charge in [0.05, 0.1) is 25.4 Å². The Morgan fingerprint density at radius 2 is 0.595 bits per heavy atom. The minimum Gasteiger partial charge on any atom is -0.466 e. The molecule has 6 heteroatoms. The molecule has 0 saturated carbocycles. The van der Waals surface area contributed by atoms with E-state index in [1.54, 1.807) is 6.08 Å². The number of aliphatic hydroxyl groups excluding tert-OH is 2. The minimum absolute atomic E-state index is 0.00656. The number of aliphatic hydroxyl groups is 2. The summed E-state index contributed by atoms with van der Waals surface area (Å²) in [6.07, 6.45) is 86.9. The van der Waals surface area contributed by atoms with E-state index in [2.05, 4.69) is 31.3 Å². The highest BCUT2D eigenvalue weighted by Crippen LogP contribution is 2.19. The number of ether oxygens (including phenoxy) is 1. The molecule has 2 unspecified atom stereocenters. The molecule has 0 aromatic rings. The Bertz CT molecular complexity index is 1230. The third-order valence-electron chi connectivity index (χ3n) is 17.0. The zero-order valence-corrected chi connectivity index (χ0v) is 53.6. The predicted octanol–water partition coefficient (Wildman–Crippen LogP) is 23.3. The van der Waals surface area contributed by atoms with Crippen LogP contribution >= 0.6 is 0 Å². The predicted molar refractivity (Wildman–Crippen MR) is 347 cm³/mol. The summed E-state index contributed by atoms with van der Waals surface area (Å²) in [6, 6.07) is -0.628. The second-order valence-corrected chi connectivity index (χ2v) is 24.9. The van der Waals surface area contributed by atoms with Gasteiger partial charge in [0.2, 0.25) is 5.91 Å². The molecule has 6 nitrogen and oxygen atoms in total. The molecule has 0 aromatic carbocycles. The molecular weight excluding hydrogens is 971 g/mol. The van der Waals surface area contributed by atoms with Gasteiger partial charge in [0.1, 0.15) is 0 Å². The van der Waals surface area contributed by atoms with Gasteiger partial charge >= 0.3 is 5.97 Å². The van der Waals surface area contributed by atoms with Gasteiger partial charge in [-0.1, -0.05) is 359 Å². The van der Waals surface area contributed by atoms with E-state index in [1.165, 1.54) is 334 Å². The fourth-order valence-electron chi connectivity index (χ4n) is 11.5. The zero-order chi connectivity index (χ0) is 57.1. The summed E-state index contributed by atoms with van der Waals surface area (Å²) in [5.74, 6) is -0.0555. The number of hydrogen-bond donors (Lipinski definition) is 3. The molecule has 0 bridgehead atoms. The van der Waals surface area contributed by atoms with Crippen molar-refractivity contribution in [2.45, 2.75) is 418 Å². The van der Waals surface area contributed by atoms with Crippen molar-refractivity contribution in [2.24, 2.45) is 0 Å². The zero-order valence-electron chi connectivity index (χ0n) is 53.6. The quantitative estimate of drug-likeness (QED) is 0.0320. The maximum atomic E-state index is 12.5. The van der Waals surface area contributed by atoms with Gasteiger partial charge in [0, 0.05) is 12.8 Å². The van der Waals surface area contributed by atoms with Crippen LogP contribution in [0.25, 0.3) is 0 Å². The standard InChI is InChI=1S/C73H141NO5/c1-3-5-7-9-11-13-15-17-18-19-20-21-22-23-26-29-32-35-38-42-45-49-53-57-61-65-71(76)70(69-75)74-72(77)66-62-58-54-50-46-43-39-36-33-30-27-24-25-28-31-34-37-40-44-48-52-56-60-64-68-79-73(78)67-63-59-55-51-47-41-16-14-12-10-8-6-4-2/h14,16,61,65,70-71,75-76H,3-13,15,17-60,62-64,66-69H2,1-2H3,(H,74,77)/b16-14-,65-61+. The Labute approximate surface area is 494 Å². The molecule has 3 N–H and O–H groups in total. The SMILES string of the molecule is CCCCCC/C=C\CCCCCCCC(=O)OCCCCCCCCCCCCCCCCCCCCCCCCCCC(=O)NC(CO)C(O)/C=C/CCCCCCCCCCCCCCCCCCCCCCCCC. The van der Waals surface area contributed by atoms with Gasteiger partial charge in [-0.15, -0.1) is 0 Å². The topological polar surface area (TPSA) is 95.9 Å². The van der Waals surface area contributed by atoms with Crippen LogP contribution < -0.4 is 5.32 Å². The highest BCUT2D eigenvalue weighted by atomic mass is 16.5. The van der Waals surface area contributed by atoms with E-state index in [9.17, 15) is 19.8 Å². The Morgan fingerprint density at radius 1 is 0.342 bits per heavy atom. The summed E-state index contributed by atoms with van der Waals surface area (Å²) in [6.45, 7) is 4.93. The van der Waals surface area contributed by atoms with Crippen LogP contribution in [-0.2, 0) is 14.3 Å². The van der Waals surface area contributed by atoms with E-state index in [0.717, 1.165) is 44.9 Å². The lowest BCUT2D eigenvalue weighted by Gasteiger charge is -2.20. The summed E-state index contributed by atoms with van der Waals surface area (Å²) in [5, 5.41) is 23.3. The summed E-state index contributed by atoms with van der Waals surface area (Å²) < 4.78 is 5.48. The number of carbonyl (C=O) groups excluding carboxylic acids is 2. The van der Waals surface area contributed by atoms with E-state index in [1.807, 2.05) is 6.08 Å². The average molecular weight is 1110 g/mol. The van der Waals surface area contributed by atoms with Gasteiger partial charge in [-0.3, -0.25) is 9.59 Å². The molecule has 0 fully saturated rings. The Hall–Kier alpha value is -1.66. The second-order valence-electron chi connectivity index (χ2n) is 24.9. The lowest BCUT2D eigenvalue weighted by atomic mass is 10.0. The van der Waals surface area contributed by atoms with Crippen LogP contribution in [0.15, 0.2) is 24.3 Å². The van der Waals surface area contributed by atoms with Crippen molar-refractivity contribution < 1.29 is 24.5 Å². The van der Waals surface area contributed by atoms with Crippen LogP contribution in [0.4, 0.5) is 0 Å². The number of carbonyl (C=O) groups is 2. The molecule has 79 heavy (non-hydrogen) atoms. The second kappa shape index (κ2) is 68.8. The van der Waals surface area contributed by atoms with Crippen molar-refractivity contribution in [3.8, 4) is 0 Å². The molecule has 0 radical (unpaired) electrons. The number of hydrogen-bond acceptors (Lipinski definition) is 5. The molecule has 0 aliphatic heterocycles. The van der Waals surface area contributed by atoms with Crippen molar-refractivity contribution in [3.05, 3.63) is 24.3 Å². The summed E-state index contributed by atoms with van der Waals surface area (Å²) in [7, 11) is 0. The van der Waals surface area contributed by atoms with Crippen molar-refractivity contribution >= 4 is 11.9 Å². The summed E-state index contributed by atoms with van der Waals surface area (Å²) in [5.41, 5.74) is 0. The molecule has 0 rings (SSSR count). The number of esters is 1. The Balaban J connectivity index is 3.40. The van der Waals surface area contributed by atoms with Crippen molar-refractivity contribution in [3.63, 3.8) is 0 Å². The van der Waals surface area contributed by atoms with Gasteiger partial charge in [-0.2, -0.15) is 0 Å². The lowest BCUT2D eigenvalue weighted by Crippen LogP contribution is -2.45. The Morgan fingerprint density at radius 3 is 0.911 bits per heavy atom. The highest BCUT2D eigenvalue weighted by molar-refractivity contribution is 5.76. The molecule has 0 aliphatic rings. The number of rotatable bonds is 68. The van der Waals surface area contributed by atoms with E-state index in [-0.39, 0.29) is 18.5 Å². The van der Waals surface area contributed by atoms with E-state index >= 15 is 0 Å². The smallest absolute Gasteiger partial charge is 0.305 e. The normalized spacial score (nSPS) is 12.6. The first-order valence-corrected chi connectivity index (χ1v) is 36.1. The van der Waals surface area contributed by atoms with Gasteiger partial charge < -0.3 is 20.3 Å². The molecule has 0 heterocycles. The van der Waals surface area contributed by atoms with E-state index < -0.39 is 12.1 Å². The van der Waals surface area contributed by atoms with Gasteiger partial charge in [0.25, 0.3) is 0 Å². The van der Waals surface area contributed by atoms with Gasteiger partial charge in [-0.25, -0.2) is 0 Å². The van der Waals surface area contributed by atoms with Crippen molar-refractivity contribution in [1.82, 2.24) is 5.32 Å². The third kappa shape index (κ3) is 65.4. The number of amides is 1. The molecule has 0 spiro atoms. The molecular formula is C73H141NO5. The monoisotopic (exact) mass is 1110 g/mol. The lowest BCUT2D eigenvalue weighted by molar-refractivity contribution is -0.143. The highest BCUT2D eigenvalue weighted by Gasteiger charge is 2.18. The van der Waals surface area contributed by atoms with Gasteiger partial charge in [0.15, 0.2) is 0 Å². The van der Waals surface area contributed by atoms with Crippen molar-refractivity contribution in [1.29, 1.82) is 0 Å². The van der Waals surface area contributed by atoms with Gasteiger partial charge in [-0.05, 0) is 57.8 Å². The molecule has 468 valence electrons. The van der Waals surface area contributed by atoms with Crippen LogP contribution in [0.3, 0.4) is 0 Å². The third-order valence-corrected chi connectivity index (χ3v) is 17.0. The molecule has 0 aliphatic carbocycles. The van der Waals surface area contributed by atoms with Crippen LogP contribution in [-0.4, -0.2) is 47.4 Å². The number of unbranched alkanes of at least 4 members (excludes halogenated alkanes) is 55. The van der Waals surface area contributed by atoms with Crippen LogP contribution in [0.1, 0.15) is 406 Å². The fraction of sp³-hybridized carbons (Fsp3) is 0.918. The summed E-state index contributed by atoms with van der Waals surface area (Å²) in [4.78, 5) is 24.6. The Kier molecular flexibility index (Phi) is 67.4. The first-order valence-electron chi connectivity index (χ1n) is 36.1. The number of allylic oxidation sites excluding steroid dienone is 3. The summed E-state index contributed by atoms with van der Waals surface area (Å²) >= 11 is 0. The molecule has 1 amide bonds. The first-order chi connectivity index (χ1) is 39.0. The average Bonchev–Trinajstić information content (AvgIpc) is 3.45. The molecule has 2 atom stereocenters. The molecule has 0 aromatic heterocycles. The minimum atomic E-state index is -0.845. The van der Waals surface area contributed by atoms with E-state index in [4.69, 9.17) is 4.74 Å². The number of nitrogens with one attached hydrogen (secondary N) is 1. The van der Waals surface area contributed by atoms with E-state index in [0.29, 0.717) is 19.4 Å². The fourth-order valence-corrected chi connectivity index (χ4v) is 11.5. The maximum absolute atomic E-state index is 12.5. The first kappa shape index (κ1) is 77.3. The largest absolute Gasteiger partial charge is 0.466 e. The maximum Gasteiger partial charge on any atom is 0.305 e.